The summed E-state index contributed by atoms with van der Waals surface area (Å²) in [6, 6.07) is 35.1. The average Bonchev–Trinajstić information content (AvgIpc) is 3.59. The van der Waals surface area contributed by atoms with E-state index in [2.05, 4.69) is 16.4 Å². The summed E-state index contributed by atoms with van der Waals surface area (Å²) in [4.78, 5) is 31.0. The molecule has 5 aromatic rings. The van der Waals surface area contributed by atoms with Crippen LogP contribution in [0.4, 0.5) is 10.2 Å². The maximum Gasteiger partial charge on any atom is 0.351 e. The van der Waals surface area contributed by atoms with Crippen LogP contribution >= 0.6 is 8.53 Å². The fourth-order valence-corrected chi connectivity index (χ4v) is 9.27. The molecule has 326 valence electrons. The number of alkyl halides is 1. The highest BCUT2D eigenvalue weighted by Gasteiger charge is 2.51. The predicted octanol–water partition coefficient (Wildman–Crippen LogP) is 8.73. The van der Waals surface area contributed by atoms with Gasteiger partial charge in [0.25, 0.3) is 14.4 Å². The van der Waals surface area contributed by atoms with Crippen molar-refractivity contribution in [1.82, 2.24) is 14.2 Å². The summed E-state index contributed by atoms with van der Waals surface area (Å²) in [5, 5.41) is 12.1. The minimum atomic E-state index is -1.97. The Hall–Kier alpha value is -5.52. The molecule has 13 nitrogen and oxygen atoms in total. The maximum atomic E-state index is 17.5. The Morgan fingerprint density at radius 3 is 1.98 bits per heavy atom. The molecule has 1 saturated heterocycles. The summed E-state index contributed by atoms with van der Waals surface area (Å²) in [6.45, 7) is 9.42. The van der Waals surface area contributed by atoms with Gasteiger partial charge in [-0.3, -0.25) is 9.36 Å². The summed E-state index contributed by atoms with van der Waals surface area (Å²) in [5.41, 5.74) is 0.908. The molecule has 15 heteroatoms. The number of carbonyl (C=O) groups excluding carboxylic acids is 1. The monoisotopic (exact) mass is 865 g/mol. The zero-order chi connectivity index (χ0) is 44.4. The zero-order valence-corrected chi connectivity index (χ0v) is 36.8. The molecule has 0 bridgehead atoms. The molecule has 5 atom stereocenters. The van der Waals surface area contributed by atoms with E-state index in [1.807, 2.05) is 111 Å². The van der Waals surface area contributed by atoms with Crippen LogP contribution in [0.2, 0.25) is 0 Å². The first-order valence-electron chi connectivity index (χ1n) is 20.4. The summed E-state index contributed by atoms with van der Waals surface area (Å²) < 4.78 is 58.3. The van der Waals surface area contributed by atoms with Crippen molar-refractivity contribution in [1.29, 1.82) is 5.26 Å². The highest BCUT2D eigenvalue weighted by molar-refractivity contribution is 7.44. The maximum absolute atomic E-state index is 17.5. The zero-order valence-electron chi connectivity index (χ0n) is 35.9. The third-order valence-electron chi connectivity index (χ3n) is 10.5. The van der Waals surface area contributed by atoms with Gasteiger partial charge >= 0.3 is 5.69 Å². The molecular formula is C47H53FN5O8P. The van der Waals surface area contributed by atoms with Gasteiger partial charge in [-0.2, -0.15) is 10.2 Å². The lowest BCUT2D eigenvalue weighted by Crippen LogP contribution is -2.41. The second-order valence-electron chi connectivity index (χ2n) is 15.2. The molecule has 1 aromatic heterocycles. The van der Waals surface area contributed by atoms with E-state index in [1.54, 1.807) is 51.5 Å². The first-order chi connectivity index (χ1) is 29.9. The number of benzene rings is 4. The number of aromatic nitrogens is 2. The van der Waals surface area contributed by atoms with E-state index in [0.717, 1.165) is 21.3 Å². The molecule has 1 aliphatic rings. The van der Waals surface area contributed by atoms with Crippen LogP contribution < -0.4 is 20.5 Å². The highest BCUT2D eigenvalue weighted by atomic mass is 31.2. The van der Waals surface area contributed by atoms with Gasteiger partial charge in [-0.05, 0) is 87.7 Å². The van der Waals surface area contributed by atoms with E-state index in [0.29, 0.717) is 22.6 Å². The quantitative estimate of drug-likeness (QED) is 0.0483. The smallest absolute Gasteiger partial charge is 0.351 e. The van der Waals surface area contributed by atoms with Crippen molar-refractivity contribution < 1.29 is 37.2 Å². The Morgan fingerprint density at radius 2 is 1.45 bits per heavy atom. The number of nitriles is 1. The van der Waals surface area contributed by atoms with Crippen LogP contribution in [0.5, 0.6) is 11.5 Å². The van der Waals surface area contributed by atoms with Gasteiger partial charge in [-0.15, -0.1) is 0 Å². The predicted molar refractivity (Wildman–Crippen MR) is 235 cm³/mol. The molecule has 62 heavy (non-hydrogen) atoms. The van der Waals surface area contributed by atoms with Gasteiger partial charge in [0, 0.05) is 29.4 Å². The van der Waals surface area contributed by atoms with Crippen LogP contribution in [0.3, 0.4) is 0 Å². The van der Waals surface area contributed by atoms with Crippen molar-refractivity contribution in [3.63, 3.8) is 0 Å². The van der Waals surface area contributed by atoms with Gasteiger partial charge in [0.15, 0.2) is 12.4 Å². The third kappa shape index (κ3) is 10.2. The minimum Gasteiger partial charge on any atom is -0.497 e. The number of amides is 1. The van der Waals surface area contributed by atoms with E-state index in [1.165, 1.54) is 6.20 Å². The van der Waals surface area contributed by atoms with Gasteiger partial charge in [0.2, 0.25) is 0 Å². The van der Waals surface area contributed by atoms with Gasteiger partial charge < -0.3 is 33.3 Å². The number of aryl methyl sites for hydroxylation is 1. The molecule has 1 amide bonds. The fraction of sp³-hybridized carbons (Fsp3) is 0.362. The number of ether oxygens (including phenoxy) is 4. The highest BCUT2D eigenvalue weighted by Crippen LogP contribution is 2.51. The number of hydrogen-bond donors (Lipinski definition) is 1. The van der Waals surface area contributed by atoms with Crippen molar-refractivity contribution in [2.24, 2.45) is 0 Å². The third-order valence-corrected chi connectivity index (χ3v) is 12.6. The Kier molecular flexibility index (Phi) is 15.6. The largest absolute Gasteiger partial charge is 0.497 e. The second-order valence-corrected chi connectivity index (χ2v) is 16.6. The number of nitrogens with one attached hydrogen (secondary N) is 1. The van der Waals surface area contributed by atoms with E-state index >= 15 is 4.39 Å². The standard InChI is InChI=1S/C47H53FN5O8P/c1-31(2)53(32(3)4)62(59-28-14-27-49)61-42-40(60-45(41(42)48)52-29-33(5)43(51-46(52)55)50-44(54)34-15-10-8-11-16-34)30-58-47(35-17-12-9-13-18-35,36-19-23-38(56-6)24-20-36)37-21-25-39(57-7)26-22-37/h8-13,15-26,29,31-32,40-42,45H,14,28,30H2,1-7H3,(H,50,51,54,55)/t40-,41+,42-,45-,62?/m1/s1. The molecule has 1 fully saturated rings. The van der Waals surface area contributed by atoms with E-state index < -0.39 is 50.3 Å². The van der Waals surface area contributed by atoms with Crippen LogP contribution in [-0.4, -0.2) is 78.0 Å². The minimum absolute atomic E-state index is 0.0340. The van der Waals surface area contributed by atoms with Crippen molar-refractivity contribution in [3.05, 3.63) is 154 Å². The molecule has 2 heterocycles. The number of halogens is 1. The van der Waals surface area contributed by atoms with Crippen molar-refractivity contribution >= 4 is 20.3 Å². The molecule has 1 unspecified atom stereocenters. The lowest BCUT2D eigenvalue weighted by Gasteiger charge is -2.39. The fourth-order valence-electron chi connectivity index (χ4n) is 7.50. The summed E-state index contributed by atoms with van der Waals surface area (Å²) in [7, 11) is 1.22. The van der Waals surface area contributed by atoms with E-state index in [4.69, 9.17) is 28.0 Å². The Balaban J connectivity index is 1.43. The van der Waals surface area contributed by atoms with E-state index in [-0.39, 0.29) is 37.5 Å². The van der Waals surface area contributed by atoms with Crippen LogP contribution in [-0.2, 0) is 24.1 Å². The first-order valence-corrected chi connectivity index (χ1v) is 21.5. The Labute approximate surface area is 363 Å². The summed E-state index contributed by atoms with van der Waals surface area (Å²) >= 11 is 0. The topological polar surface area (TPSA) is 146 Å². The van der Waals surface area contributed by atoms with Gasteiger partial charge in [0.05, 0.1) is 39.9 Å². The number of carbonyl (C=O) groups is 1. The van der Waals surface area contributed by atoms with Crippen molar-refractivity contribution in [2.75, 3.05) is 32.8 Å². The Morgan fingerprint density at radius 1 is 0.903 bits per heavy atom. The van der Waals surface area contributed by atoms with Crippen LogP contribution in [0.25, 0.3) is 0 Å². The molecule has 0 saturated carbocycles. The second kappa shape index (κ2) is 21.0. The van der Waals surface area contributed by atoms with Crippen molar-refractivity contribution in [2.45, 2.75) is 83.3 Å². The molecule has 0 spiro atoms. The molecule has 0 aliphatic carbocycles. The first kappa shape index (κ1) is 46.0. The number of rotatable bonds is 19. The summed E-state index contributed by atoms with van der Waals surface area (Å²) in [6.07, 6.45) is -4.40. The molecule has 1 N–H and O–H groups in total. The Bertz CT molecular complexity index is 2270. The molecule has 1 aliphatic heterocycles. The van der Waals surface area contributed by atoms with Gasteiger partial charge in [-0.25, -0.2) is 13.9 Å². The number of methoxy groups -OCH3 is 2. The average molecular weight is 866 g/mol. The normalized spacial score (nSPS) is 18.2. The van der Waals surface area contributed by atoms with E-state index in [9.17, 15) is 14.9 Å². The molecule has 4 aromatic carbocycles. The lowest BCUT2D eigenvalue weighted by molar-refractivity contribution is -0.0934. The SMILES string of the molecule is COc1ccc(C(OC[C@H]2O[C@@H](n3cc(C)c(NC(=O)c4ccccc4)nc3=O)[C@@H](F)[C@@H]2OP(OCCC#N)N(C(C)C)C(C)C)(c2ccccc2)c2ccc(OC)cc2)cc1. The number of nitrogens with zero attached hydrogens (tertiary/aromatic N) is 4. The molecular weight excluding hydrogens is 813 g/mol. The molecule has 6 rings (SSSR count). The van der Waals surface area contributed by atoms with Crippen LogP contribution in [0.1, 0.15) is 73.0 Å². The summed E-state index contributed by atoms with van der Waals surface area (Å²) in [5.74, 6) is 0.869. The van der Waals surface area contributed by atoms with Crippen LogP contribution in [0.15, 0.2) is 120 Å². The van der Waals surface area contributed by atoms with Crippen molar-refractivity contribution in [3.8, 4) is 17.6 Å². The number of hydrogen-bond acceptors (Lipinski definition) is 11. The lowest BCUT2D eigenvalue weighted by atomic mass is 9.80. The van der Waals surface area contributed by atoms with Crippen LogP contribution in [0, 0.1) is 18.3 Å². The van der Waals surface area contributed by atoms with Gasteiger partial charge in [-0.1, -0.05) is 72.8 Å². The van der Waals surface area contributed by atoms with Gasteiger partial charge in [0.1, 0.15) is 35.1 Å². The number of anilines is 1. The molecule has 0 radical (unpaired) electrons.